The molecule has 0 atom stereocenters. The highest BCUT2D eigenvalue weighted by molar-refractivity contribution is 7.98. The summed E-state index contributed by atoms with van der Waals surface area (Å²) in [5, 5.41) is 9.71. The van der Waals surface area contributed by atoms with Crippen LogP contribution in [0.25, 0.3) is 20.7 Å². The van der Waals surface area contributed by atoms with Crippen LogP contribution in [0.1, 0.15) is 11.1 Å². The third kappa shape index (κ3) is 5.05. The quantitative estimate of drug-likeness (QED) is 0.311. The number of nitrogens with zero attached hydrogens (tertiary/aromatic N) is 2. The van der Waals surface area contributed by atoms with E-state index in [0.717, 1.165) is 32.1 Å². The minimum atomic E-state index is -1.26. The number of hydrogen-bond donors (Lipinski definition) is 1. The number of fused-ring (bicyclic) bond motifs is 1. The second-order valence-corrected chi connectivity index (χ2v) is 10.1. The summed E-state index contributed by atoms with van der Waals surface area (Å²) < 4.78 is 13.4. The van der Waals surface area contributed by atoms with E-state index >= 15 is 0 Å². The molecule has 0 saturated heterocycles. The van der Waals surface area contributed by atoms with Crippen molar-refractivity contribution in [2.75, 3.05) is 25.7 Å². The number of carbonyl (C=O) groups is 1. The van der Waals surface area contributed by atoms with Gasteiger partial charge in [-0.05, 0) is 54.6 Å². The maximum Gasteiger partial charge on any atom is 0.332 e. The summed E-state index contributed by atoms with van der Waals surface area (Å²) in [4.78, 5) is 39.5. The topological polar surface area (TPSA) is 99.8 Å². The number of hydrogen-bond acceptors (Lipinski definition) is 7. The first kappa shape index (κ1) is 25.6. The van der Waals surface area contributed by atoms with Crippen LogP contribution in [0.15, 0.2) is 58.1 Å². The molecule has 2 heterocycles. The minimum absolute atomic E-state index is 0.126. The zero-order chi connectivity index (χ0) is 25.8. The predicted molar refractivity (Wildman–Crippen MR) is 144 cm³/mol. The highest BCUT2D eigenvalue weighted by Crippen LogP contribution is 2.37. The number of para-hydroxylation sites is 1. The maximum atomic E-state index is 13.4. The van der Waals surface area contributed by atoms with Crippen LogP contribution in [0.4, 0.5) is 0 Å². The molecule has 0 aliphatic heterocycles. The summed E-state index contributed by atoms with van der Waals surface area (Å²) in [6.45, 7) is 1.84. The molecule has 0 bridgehead atoms. The van der Waals surface area contributed by atoms with E-state index in [9.17, 15) is 19.5 Å². The molecular weight excluding hydrogens is 500 g/mol. The number of aromatic nitrogens is 2. The van der Waals surface area contributed by atoms with Crippen LogP contribution in [0, 0.1) is 6.92 Å². The number of ether oxygens (including phenoxy) is 2. The molecule has 2 aromatic heterocycles. The predicted octanol–water partition coefficient (Wildman–Crippen LogP) is 4.08. The van der Waals surface area contributed by atoms with Crippen molar-refractivity contribution >= 4 is 39.3 Å². The van der Waals surface area contributed by atoms with Crippen molar-refractivity contribution in [3.05, 3.63) is 80.5 Å². The summed E-state index contributed by atoms with van der Waals surface area (Å²) in [5.41, 5.74) is 1.04. The molecule has 0 radical (unpaired) electrons. The smallest absolute Gasteiger partial charge is 0.332 e. The Bertz CT molecular complexity index is 1520. The lowest BCUT2D eigenvalue weighted by molar-refractivity contribution is -0.137. The van der Waals surface area contributed by atoms with Gasteiger partial charge in [-0.3, -0.25) is 14.2 Å². The molecule has 0 amide bonds. The second-order valence-electron chi connectivity index (χ2n) is 8.07. The Balaban J connectivity index is 1.88. The van der Waals surface area contributed by atoms with Crippen molar-refractivity contribution in [1.29, 1.82) is 0 Å². The van der Waals surface area contributed by atoms with E-state index in [1.807, 2.05) is 55.6 Å². The fourth-order valence-corrected chi connectivity index (χ4v) is 5.58. The van der Waals surface area contributed by atoms with Crippen LogP contribution in [-0.4, -0.2) is 45.9 Å². The first-order valence-electron chi connectivity index (χ1n) is 11.2. The Morgan fingerprint density at radius 2 is 1.81 bits per heavy atom. The number of thiophene rings is 1. The van der Waals surface area contributed by atoms with Crippen molar-refractivity contribution in [2.45, 2.75) is 20.0 Å². The van der Waals surface area contributed by atoms with Crippen molar-refractivity contribution in [3.63, 3.8) is 0 Å². The first-order chi connectivity index (χ1) is 17.3. The normalized spacial score (nSPS) is 11.1. The number of carboxylic acid groups (broad SMARTS) is 1. The number of methoxy groups -OCH3 is 1. The molecule has 0 spiro atoms. The average Bonchev–Trinajstić information content (AvgIpc) is 3.22. The van der Waals surface area contributed by atoms with Gasteiger partial charge in [-0.25, -0.2) is 9.36 Å². The van der Waals surface area contributed by atoms with Crippen molar-refractivity contribution in [2.24, 2.45) is 0 Å². The van der Waals surface area contributed by atoms with E-state index in [-0.39, 0.29) is 6.54 Å². The average molecular weight is 527 g/mol. The van der Waals surface area contributed by atoms with Crippen LogP contribution in [0.3, 0.4) is 0 Å². The monoisotopic (exact) mass is 526 g/mol. The zero-order valence-corrected chi connectivity index (χ0v) is 21.8. The maximum absolute atomic E-state index is 13.4. The summed E-state index contributed by atoms with van der Waals surface area (Å²) in [6.07, 6.45) is 2.02. The van der Waals surface area contributed by atoms with Gasteiger partial charge in [0.25, 0.3) is 5.56 Å². The van der Waals surface area contributed by atoms with Crippen LogP contribution in [0.5, 0.6) is 11.5 Å². The Morgan fingerprint density at radius 3 is 2.47 bits per heavy atom. The molecule has 4 aromatic rings. The van der Waals surface area contributed by atoms with E-state index in [0.29, 0.717) is 28.1 Å². The molecule has 4 rings (SSSR count). The van der Waals surface area contributed by atoms with Gasteiger partial charge in [0, 0.05) is 16.2 Å². The Labute approximate surface area is 215 Å². The lowest BCUT2D eigenvalue weighted by atomic mass is 10.1. The van der Waals surface area contributed by atoms with Crippen LogP contribution in [0.2, 0.25) is 0 Å². The molecule has 0 unspecified atom stereocenters. The Hall–Kier alpha value is -3.50. The number of benzene rings is 2. The standard InChI is InChI=1S/C26H26N2O6S2/c1-16-22-24(31)27(15-21(29)30)26(32)28(14-18-6-4-5-7-20(18)33-2)25(22)36-23(16)17-8-10-19(11-9-17)34-12-13-35-3/h4-11H,12-15H2,1-3H3,(H,29,30). The number of thioether (sulfide) groups is 1. The molecule has 0 fully saturated rings. The van der Waals surface area contributed by atoms with E-state index in [4.69, 9.17) is 9.47 Å². The van der Waals surface area contributed by atoms with Gasteiger partial charge in [0.1, 0.15) is 22.9 Å². The lowest BCUT2D eigenvalue weighted by Crippen LogP contribution is -2.41. The van der Waals surface area contributed by atoms with Gasteiger partial charge in [-0.1, -0.05) is 18.2 Å². The SMILES string of the molecule is COc1ccccc1Cn1c(=O)n(CC(=O)O)c(=O)c2c(C)c(-c3ccc(OCCSC)cc3)sc21. The van der Waals surface area contributed by atoms with Gasteiger partial charge >= 0.3 is 11.7 Å². The van der Waals surface area contributed by atoms with Crippen LogP contribution in [-0.2, 0) is 17.9 Å². The van der Waals surface area contributed by atoms with Gasteiger partial charge < -0.3 is 14.6 Å². The summed E-state index contributed by atoms with van der Waals surface area (Å²) in [7, 11) is 1.55. The van der Waals surface area contributed by atoms with E-state index in [1.54, 1.807) is 24.9 Å². The van der Waals surface area contributed by atoms with Gasteiger partial charge in [0.05, 0.1) is 25.6 Å². The molecule has 0 aliphatic carbocycles. The molecule has 1 N–H and O–H groups in total. The lowest BCUT2D eigenvalue weighted by Gasteiger charge is -2.13. The molecule has 0 aliphatic rings. The number of rotatable bonds is 10. The molecule has 36 heavy (non-hydrogen) atoms. The van der Waals surface area contributed by atoms with Crippen molar-refractivity contribution in [1.82, 2.24) is 9.13 Å². The van der Waals surface area contributed by atoms with Crippen LogP contribution < -0.4 is 20.7 Å². The zero-order valence-electron chi connectivity index (χ0n) is 20.1. The first-order valence-corrected chi connectivity index (χ1v) is 13.4. The molecule has 188 valence electrons. The minimum Gasteiger partial charge on any atom is -0.496 e. The third-order valence-corrected chi connectivity index (χ3v) is 7.72. The van der Waals surface area contributed by atoms with Crippen molar-refractivity contribution < 1.29 is 19.4 Å². The van der Waals surface area contributed by atoms with Crippen molar-refractivity contribution in [3.8, 4) is 21.9 Å². The van der Waals surface area contributed by atoms with Crippen LogP contribution >= 0.6 is 23.1 Å². The highest BCUT2D eigenvalue weighted by Gasteiger charge is 2.22. The van der Waals surface area contributed by atoms with Gasteiger partial charge in [-0.15, -0.1) is 11.3 Å². The second kappa shape index (κ2) is 11.0. The fourth-order valence-electron chi connectivity index (χ4n) is 4.03. The summed E-state index contributed by atoms with van der Waals surface area (Å²) in [5.74, 6) is 0.980. The van der Waals surface area contributed by atoms with Gasteiger partial charge in [0.2, 0.25) is 0 Å². The van der Waals surface area contributed by atoms with E-state index in [2.05, 4.69) is 0 Å². The molecule has 2 aromatic carbocycles. The number of carboxylic acids is 1. The number of aliphatic carboxylic acids is 1. The largest absolute Gasteiger partial charge is 0.496 e. The Kier molecular flexibility index (Phi) is 7.85. The van der Waals surface area contributed by atoms with E-state index < -0.39 is 23.8 Å². The summed E-state index contributed by atoms with van der Waals surface area (Å²) in [6, 6.07) is 14.9. The molecular formula is C26H26N2O6S2. The fraction of sp³-hybridized carbons (Fsp3) is 0.269. The van der Waals surface area contributed by atoms with E-state index in [1.165, 1.54) is 15.9 Å². The number of aryl methyl sites for hydroxylation is 1. The van der Waals surface area contributed by atoms with Gasteiger partial charge in [-0.2, -0.15) is 11.8 Å². The Morgan fingerprint density at radius 1 is 1.08 bits per heavy atom. The highest BCUT2D eigenvalue weighted by atomic mass is 32.2. The molecule has 8 nitrogen and oxygen atoms in total. The summed E-state index contributed by atoms with van der Waals surface area (Å²) >= 11 is 3.05. The molecule has 10 heteroatoms. The van der Waals surface area contributed by atoms with Gasteiger partial charge in [0.15, 0.2) is 0 Å². The molecule has 0 saturated carbocycles. The third-order valence-electron chi connectivity index (χ3n) is 5.78.